The summed E-state index contributed by atoms with van der Waals surface area (Å²) in [4.78, 5) is 48.4. The second kappa shape index (κ2) is 52.2. The van der Waals surface area contributed by atoms with Crippen molar-refractivity contribution in [2.45, 2.75) is 251 Å². The van der Waals surface area contributed by atoms with Crippen LogP contribution in [-0.2, 0) is 42.2 Å². The number of unbranched alkanes of at least 4 members (excludes halogenated alkanes) is 22. The number of carbonyl (C=O) groups excluding carboxylic acids is 3. The highest BCUT2D eigenvalue weighted by Gasteiger charge is 2.28. The number of ether oxygens (including phenoxy) is 3. The molecule has 0 bridgehead atoms. The number of phosphoric ester groups is 1. The summed E-state index contributed by atoms with van der Waals surface area (Å²) in [5.74, 6) is -1.53. The summed E-state index contributed by atoms with van der Waals surface area (Å²) in [7, 11) is -4.76. The molecule has 0 aromatic heterocycles. The van der Waals surface area contributed by atoms with Gasteiger partial charge in [0.15, 0.2) is 6.10 Å². The van der Waals surface area contributed by atoms with E-state index in [9.17, 15) is 28.9 Å². The van der Waals surface area contributed by atoms with Crippen molar-refractivity contribution in [1.82, 2.24) is 0 Å². The third-order valence-corrected chi connectivity index (χ3v) is 12.5. The number of phosphoric acid groups is 1. The lowest BCUT2D eigenvalue weighted by Gasteiger charge is -2.21. The fourth-order valence-electron chi connectivity index (χ4n) is 7.32. The highest BCUT2D eigenvalue weighted by Crippen LogP contribution is 2.43. The minimum absolute atomic E-state index is 0.152. The van der Waals surface area contributed by atoms with Crippen LogP contribution in [0.5, 0.6) is 0 Å². The standard InChI is InChI=1S/C58H101O11P/c1-4-7-10-13-16-19-22-24-26-27-29-31-34-37-40-43-46-49-58(62)69-55(51-65-56(60)47-44-41-38-35-33-30-28-25-23-20-17-14-11-8-5-2)53-67-70(63,64)66-52-54(50-59)68-57(61)48-45-42-39-36-32-21-18-15-12-9-6-3/h8,11,15,17-18,20,24-26,28,33,35,54-55,59H,4-7,9-10,12-14,16,19,21-23,27,29-32,34,36-53H2,1-3H3,(H,63,64)/b11-8-,18-15-,20-17-,26-24-,28-25-,35-33-. The minimum Gasteiger partial charge on any atom is -0.462 e. The van der Waals surface area contributed by atoms with Crippen molar-refractivity contribution in [3.8, 4) is 0 Å². The number of esters is 3. The zero-order chi connectivity index (χ0) is 51.3. The van der Waals surface area contributed by atoms with Gasteiger partial charge in [0.05, 0.1) is 19.8 Å². The van der Waals surface area contributed by atoms with Crippen molar-refractivity contribution in [1.29, 1.82) is 0 Å². The van der Waals surface area contributed by atoms with Crippen molar-refractivity contribution in [2.24, 2.45) is 0 Å². The van der Waals surface area contributed by atoms with E-state index in [1.807, 2.05) is 0 Å². The predicted octanol–water partition coefficient (Wildman–Crippen LogP) is 16.1. The summed E-state index contributed by atoms with van der Waals surface area (Å²) in [6.07, 6.45) is 57.3. The molecular weight excluding hydrogens is 904 g/mol. The molecule has 3 unspecified atom stereocenters. The van der Waals surface area contributed by atoms with E-state index in [1.54, 1.807) is 0 Å². The Kier molecular flexibility index (Phi) is 50.0. The zero-order valence-electron chi connectivity index (χ0n) is 44.5. The van der Waals surface area contributed by atoms with Crippen LogP contribution in [0.3, 0.4) is 0 Å². The number of rotatable bonds is 51. The van der Waals surface area contributed by atoms with E-state index in [-0.39, 0.29) is 25.9 Å². The highest BCUT2D eigenvalue weighted by atomic mass is 31.2. The number of aliphatic hydroxyl groups is 1. The first-order chi connectivity index (χ1) is 34.2. The van der Waals surface area contributed by atoms with Gasteiger partial charge in [0.25, 0.3) is 0 Å². The van der Waals surface area contributed by atoms with Crippen LogP contribution in [0.2, 0.25) is 0 Å². The van der Waals surface area contributed by atoms with Crippen LogP contribution in [0.1, 0.15) is 239 Å². The van der Waals surface area contributed by atoms with E-state index >= 15 is 0 Å². The lowest BCUT2D eigenvalue weighted by molar-refractivity contribution is -0.161. The summed E-state index contributed by atoms with van der Waals surface area (Å²) in [6.45, 7) is 4.42. The summed E-state index contributed by atoms with van der Waals surface area (Å²) < 4.78 is 39.4. The van der Waals surface area contributed by atoms with E-state index in [0.717, 1.165) is 109 Å². The molecular formula is C58H101O11P. The molecule has 0 rings (SSSR count). The molecule has 0 aliphatic carbocycles. The van der Waals surface area contributed by atoms with Crippen LogP contribution in [0.15, 0.2) is 72.9 Å². The molecule has 0 radical (unpaired) electrons. The Balaban J connectivity index is 4.80. The van der Waals surface area contributed by atoms with Crippen molar-refractivity contribution >= 4 is 25.7 Å². The van der Waals surface area contributed by atoms with E-state index < -0.39 is 57.8 Å². The fraction of sp³-hybridized carbons (Fsp3) is 0.741. The lowest BCUT2D eigenvalue weighted by atomic mass is 10.1. The largest absolute Gasteiger partial charge is 0.472 e. The third-order valence-electron chi connectivity index (χ3n) is 11.6. The van der Waals surface area contributed by atoms with Gasteiger partial charge < -0.3 is 24.2 Å². The summed E-state index contributed by atoms with van der Waals surface area (Å²) in [6, 6.07) is 0. The van der Waals surface area contributed by atoms with Crippen LogP contribution >= 0.6 is 7.82 Å². The minimum atomic E-state index is -4.76. The molecule has 0 aromatic carbocycles. The Morgan fingerprint density at radius 2 is 0.757 bits per heavy atom. The number of hydrogen-bond acceptors (Lipinski definition) is 10. The van der Waals surface area contributed by atoms with Crippen molar-refractivity contribution in [3.05, 3.63) is 72.9 Å². The van der Waals surface area contributed by atoms with E-state index in [4.69, 9.17) is 23.3 Å². The first-order valence-corrected chi connectivity index (χ1v) is 29.3. The van der Waals surface area contributed by atoms with Crippen LogP contribution in [0.4, 0.5) is 0 Å². The molecule has 404 valence electrons. The number of aliphatic hydroxyl groups excluding tert-OH is 1. The van der Waals surface area contributed by atoms with Gasteiger partial charge in [-0.3, -0.25) is 23.4 Å². The van der Waals surface area contributed by atoms with Gasteiger partial charge in [-0.05, 0) is 103 Å². The van der Waals surface area contributed by atoms with Gasteiger partial charge in [-0.2, -0.15) is 0 Å². The second-order valence-corrected chi connectivity index (χ2v) is 19.8. The number of hydrogen-bond donors (Lipinski definition) is 2. The van der Waals surface area contributed by atoms with E-state index in [1.165, 1.54) is 70.6 Å². The fourth-order valence-corrected chi connectivity index (χ4v) is 8.11. The maximum atomic E-state index is 12.9. The van der Waals surface area contributed by atoms with Gasteiger partial charge >= 0.3 is 25.7 Å². The molecule has 0 spiro atoms. The molecule has 0 aromatic rings. The molecule has 2 N–H and O–H groups in total. The summed E-state index contributed by atoms with van der Waals surface area (Å²) in [5, 5.41) is 9.78. The van der Waals surface area contributed by atoms with Crippen LogP contribution in [0.25, 0.3) is 0 Å². The molecule has 0 aliphatic heterocycles. The quantitative estimate of drug-likeness (QED) is 0.0197. The number of allylic oxidation sites excluding steroid dienone is 12. The molecule has 0 saturated heterocycles. The molecule has 0 saturated carbocycles. The Labute approximate surface area is 427 Å². The Morgan fingerprint density at radius 1 is 0.414 bits per heavy atom. The Bertz CT molecular complexity index is 1450. The van der Waals surface area contributed by atoms with Crippen LogP contribution in [0, 0.1) is 0 Å². The van der Waals surface area contributed by atoms with Crippen LogP contribution < -0.4 is 0 Å². The molecule has 70 heavy (non-hydrogen) atoms. The van der Waals surface area contributed by atoms with Gasteiger partial charge in [0.2, 0.25) is 0 Å². The average molecular weight is 1010 g/mol. The zero-order valence-corrected chi connectivity index (χ0v) is 45.4. The average Bonchev–Trinajstić information content (AvgIpc) is 3.35. The van der Waals surface area contributed by atoms with Crippen molar-refractivity contribution in [2.75, 3.05) is 26.4 Å². The SMILES string of the molecule is CC/C=C\C/C=C\C/C=C\C/C=C\CCCCC(=O)OCC(COP(=O)(O)OCC(CO)OC(=O)CCCCCCC/C=C\CCCC)OC(=O)CCCCCCCCC/C=C\CCCCCCCC. The van der Waals surface area contributed by atoms with Crippen molar-refractivity contribution < 1.29 is 52.2 Å². The smallest absolute Gasteiger partial charge is 0.462 e. The molecule has 3 atom stereocenters. The molecule has 0 fully saturated rings. The second-order valence-electron chi connectivity index (χ2n) is 18.4. The maximum absolute atomic E-state index is 12.9. The number of carbonyl (C=O) groups is 3. The molecule has 0 heterocycles. The van der Waals surface area contributed by atoms with Gasteiger partial charge in [0, 0.05) is 19.3 Å². The highest BCUT2D eigenvalue weighted by molar-refractivity contribution is 7.47. The van der Waals surface area contributed by atoms with Gasteiger partial charge in [0.1, 0.15) is 12.7 Å². The van der Waals surface area contributed by atoms with Crippen LogP contribution in [-0.4, -0.2) is 66.5 Å². The first kappa shape index (κ1) is 66.9. The monoisotopic (exact) mass is 1000 g/mol. The predicted molar refractivity (Wildman–Crippen MR) is 288 cm³/mol. The van der Waals surface area contributed by atoms with E-state index in [0.29, 0.717) is 19.3 Å². The third kappa shape index (κ3) is 49.9. The Morgan fingerprint density at radius 3 is 1.23 bits per heavy atom. The van der Waals surface area contributed by atoms with Gasteiger partial charge in [-0.1, -0.05) is 190 Å². The van der Waals surface area contributed by atoms with Crippen molar-refractivity contribution in [3.63, 3.8) is 0 Å². The summed E-state index contributed by atoms with van der Waals surface area (Å²) in [5.41, 5.74) is 0. The molecule has 0 amide bonds. The molecule has 11 nitrogen and oxygen atoms in total. The normalized spacial score (nSPS) is 14.0. The van der Waals surface area contributed by atoms with Gasteiger partial charge in [-0.15, -0.1) is 0 Å². The topological polar surface area (TPSA) is 155 Å². The molecule has 12 heteroatoms. The summed E-state index contributed by atoms with van der Waals surface area (Å²) >= 11 is 0. The first-order valence-electron chi connectivity index (χ1n) is 27.8. The lowest BCUT2D eigenvalue weighted by Crippen LogP contribution is -2.30. The van der Waals surface area contributed by atoms with Gasteiger partial charge in [-0.25, -0.2) is 4.57 Å². The molecule has 0 aliphatic rings. The Hall–Kier alpha value is -3.08. The maximum Gasteiger partial charge on any atom is 0.472 e. The van der Waals surface area contributed by atoms with E-state index in [2.05, 4.69) is 93.7 Å².